The van der Waals surface area contributed by atoms with Gasteiger partial charge in [-0.05, 0) is 107 Å². The molecule has 2 aliphatic rings. The number of amides is 6. The normalized spacial score (nSPS) is 15.3. The van der Waals surface area contributed by atoms with Gasteiger partial charge in [0.15, 0.2) is 5.78 Å². The Morgan fingerprint density at radius 3 is 2.25 bits per heavy atom. The lowest BCUT2D eigenvalue weighted by atomic mass is 9.77. The predicted octanol–water partition coefficient (Wildman–Crippen LogP) is 3.63. The Morgan fingerprint density at radius 1 is 0.828 bits per heavy atom. The number of nitrogens with one attached hydrogen (secondary N) is 6. The Bertz CT molecular complexity index is 3910. The van der Waals surface area contributed by atoms with Gasteiger partial charge in [-0.15, -0.1) is 0 Å². The molecular formula is C65H84N12O15S. The quantitative estimate of drug-likeness (QED) is 0.0169. The molecule has 6 amide bonds. The van der Waals surface area contributed by atoms with Crippen LogP contribution in [0, 0.1) is 5.92 Å². The number of nitrogens with zero attached hydrogens (tertiary/aromatic N) is 6. The van der Waals surface area contributed by atoms with E-state index in [1.165, 1.54) is 6.92 Å². The number of ether oxygens (including phenoxy) is 3. The van der Waals surface area contributed by atoms with Crippen molar-refractivity contribution in [1.82, 2.24) is 55.7 Å². The summed E-state index contributed by atoms with van der Waals surface area (Å²) in [4.78, 5) is 118. The zero-order valence-electron chi connectivity index (χ0n) is 53.7. The Kier molecular flexibility index (Phi) is 23.8. The molecule has 27 nitrogen and oxygen atoms in total. The molecule has 1 aliphatic heterocycles. The number of benzene rings is 2. The highest BCUT2D eigenvalue weighted by Gasteiger charge is 2.43. The van der Waals surface area contributed by atoms with Crippen LogP contribution >= 0.6 is 0 Å². The standard InChI is InChI=1S/C65H84N12O15S/c1-9-65(86)50-34-53-58-49(36-77(53)63(84)48(50)20-21-54(65)78)46(47-14-10-11-15-51(47)72-58)22-27-75(40(4)5)64(85)92-37-42-16-18-44(19-17-42)70-60(81)41(6)69-62(83)57(39(2)3)73-56(80)24-29-90-31-32-91-30-26-68-61(82)52(38-93(87,88)89)71-55(79)23-28-76-45(35-74(8)66-7)33-43-13-12-25-67-59(43)76/h10-19,25,33-34,39-41,52,57,66,86H,9,20-24,26-32,35-38H2,1-8H3,(H,68,82)(H,69,83)(H,70,81)(H,71,79)(H,73,80)(H,87,88,89)/t41-,52-,57-,65-/m0/s1. The van der Waals surface area contributed by atoms with Crippen LogP contribution in [-0.2, 0) is 97.8 Å². The SMILES string of the molecule is CC[C@@]1(O)C(=O)CCc2c1cc1n(c2=O)Cc2c-1nc1ccccc1c2CCN(C(=O)OCc1ccc(NC(=O)[C@H](C)NC(=O)[C@@H](NC(=O)CCOCCOCCNC(=O)[C@H](CS(=O)(=O)O)NC(=O)CCn2c(CN(C)NC)cc3cccnc32)C(C)C)cc1)C(C)C. The lowest BCUT2D eigenvalue weighted by Gasteiger charge is -2.32. The summed E-state index contributed by atoms with van der Waals surface area (Å²) in [5.41, 5.74) is 8.02. The fourth-order valence-electron chi connectivity index (χ4n) is 11.5. The second-order valence-electron chi connectivity index (χ2n) is 23.8. The molecule has 500 valence electrons. The van der Waals surface area contributed by atoms with Crippen molar-refractivity contribution in [2.45, 2.75) is 136 Å². The van der Waals surface area contributed by atoms with E-state index in [1.54, 1.807) is 79.9 Å². The van der Waals surface area contributed by atoms with Crippen molar-refractivity contribution in [1.29, 1.82) is 0 Å². The molecule has 0 saturated carbocycles. The summed E-state index contributed by atoms with van der Waals surface area (Å²) in [5, 5.41) is 28.2. The molecule has 2 aromatic carbocycles. The first-order chi connectivity index (χ1) is 44.3. The number of hydrogen-bond acceptors (Lipinski definition) is 18. The van der Waals surface area contributed by atoms with E-state index in [-0.39, 0.29) is 115 Å². The fraction of sp³-hybridized carbons (Fsp3) is 0.477. The predicted molar refractivity (Wildman–Crippen MR) is 346 cm³/mol. The van der Waals surface area contributed by atoms with E-state index in [0.717, 1.165) is 27.6 Å². The lowest BCUT2D eigenvalue weighted by molar-refractivity contribution is -0.140. The number of Topliss-reactive ketones (excluding diaryl/α,β-unsaturated/α-hetero) is 1. The van der Waals surface area contributed by atoms with Crippen molar-refractivity contribution in [3.8, 4) is 11.4 Å². The van der Waals surface area contributed by atoms with E-state index in [9.17, 15) is 56.4 Å². The molecule has 0 unspecified atom stereocenters. The first-order valence-corrected chi connectivity index (χ1v) is 32.8. The van der Waals surface area contributed by atoms with E-state index >= 15 is 0 Å². The maximum absolute atomic E-state index is 14.0. The Hall–Kier alpha value is -8.51. The Labute approximate surface area is 539 Å². The van der Waals surface area contributed by atoms with E-state index in [4.69, 9.17) is 19.2 Å². The number of aryl methyl sites for hydroxylation is 1. The second kappa shape index (κ2) is 31.4. The number of carbonyl (C=O) groups excluding carboxylic acids is 7. The molecule has 0 saturated heterocycles. The average molecular weight is 1310 g/mol. The van der Waals surface area contributed by atoms with Crippen LogP contribution < -0.4 is 37.6 Å². The number of carbonyl (C=O) groups is 7. The second-order valence-corrected chi connectivity index (χ2v) is 25.3. The van der Waals surface area contributed by atoms with Crippen molar-refractivity contribution in [2.75, 3.05) is 64.7 Å². The van der Waals surface area contributed by atoms with E-state index < -0.39 is 75.2 Å². The van der Waals surface area contributed by atoms with E-state index in [1.807, 2.05) is 66.9 Å². The van der Waals surface area contributed by atoms with Crippen LogP contribution in [0.1, 0.15) is 101 Å². The molecule has 5 heterocycles. The molecule has 1 aliphatic carbocycles. The van der Waals surface area contributed by atoms with Crippen molar-refractivity contribution in [3.05, 3.63) is 123 Å². The summed E-state index contributed by atoms with van der Waals surface area (Å²) in [6, 6.07) is 17.9. The summed E-state index contributed by atoms with van der Waals surface area (Å²) in [6.45, 7) is 11.7. The molecule has 93 heavy (non-hydrogen) atoms. The van der Waals surface area contributed by atoms with Crippen LogP contribution in [0.5, 0.6) is 0 Å². The van der Waals surface area contributed by atoms with Gasteiger partial charge >= 0.3 is 6.09 Å². The highest BCUT2D eigenvalue weighted by atomic mass is 32.2. The van der Waals surface area contributed by atoms with Crippen LogP contribution in [-0.4, -0.2) is 172 Å². The largest absolute Gasteiger partial charge is 0.445 e. The molecule has 8 N–H and O–H groups in total. The Morgan fingerprint density at radius 2 is 1.55 bits per heavy atom. The van der Waals surface area contributed by atoms with Gasteiger partial charge in [0, 0.05) is 97.0 Å². The van der Waals surface area contributed by atoms with E-state index in [0.29, 0.717) is 57.9 Å². The lowest BCUT2D eigenvalue weighted by Crippen LogP contribution is -2.53. The van der Waals surface area contributed by atoms with Gasteiger partial charge in [-0.2, -0.15) is 8.42 Å². The van der Waals surface area contributed by atoms with Crippen LogP contribution in [0.15, 0.2) is 83.8 Å². The number of rotatable bonds is 32. The van der Waals surface area contributed by atoms with Gasteiger partial charge in [-0.3, -0.25) is 43.5 Å². The molecular weight excluding hydrogens is 1220 g/mol. The fourth-order valence-corrected chi connectivity index (χ4v) is 12.1. The first-order valence-electron chi connectivity index (χ1n) is 31.2. The highest BCUT2D eigenvalue weighted by Crippen LogP contribution is 2.41. The molecule has 0 radical (unpaired) electrons. The monoisotopic (exact) mass is 1300 g/mol. The molecule has 0 fully saturated rings. The maximum Gasteiger partial charge on any atom is 0.410 e. The summed E-state index contributed by atoms with van der Waals surface area (Å²) in [6.07, 6.45) is 1.77. The summed E-state index contributed by atoms with van der Waals surface area (Å²) < 4.78 is 53.6. The molecule has 0 spiro atoms. The number of pyridine rings is 3. The molecule has 8 rings (SSSR count). The summed E-state index contributed by atoms with van der Waals surface area (Å²) >= 11 is 0. The highest BCUT2D eigenvalue weighted by molar-refractivity contribution is 7.85. The van der Waals surface area contributed by atoms with Gasteiger partial charge in [0.1, 0.15) is 41.7 Å². The molecule has 28 heteroatoms. The van der Waals surface area contributed by atoms with Crippen molar-refractivity contribution >= 4 is 79.2 Å². The summed E-state index contributed by atoms with van der Waals surface area (Å²) in [7, 11) is -1.05. The first kappa shape index (κ1) is 70.4. The van der Waals surface area contributed by atoms with Crippen molar-refractivity contribution < 1.29 is 65.8 Å². The third-order valence-electron chi connectivity index (χ3n) is 16.7. The number of anilines is 1. The minimum Gasteiger partial charge on any atom is -0.445 e. The third kappa shape index (κ3) is 17.6. The van der Waals surface area contributed by atoms with Crippen molar-refractivity contribution in [2.24, 2.45) is 5.92 Å². The van der Waals surface area contributed by atoms with Gasteiger partial charge in [-0.25, -0.2) is 19.8 Å². The maximum atomic E-state index is 14.0. The zero-order valence-corrected chi connectivity index (χ0v) is 54.5. The molecule has 0 bridgehead atoms. The molecule has 4 atom stereocenters. The molecule has 6 aromatic rings. The number of aliphatic hydroxyl groups is 1. The van der Waals surface area contributed by atoms with Gasteiger partial charge in [0.2, 0.25) is 29.5 Å². The summed E-state index contributed by atoms with van der Waals surface area (Å²) in [5.74, 6) is -4.76. The molecule has 4 aromatic heterocycles. The number of para-hydroxylation sites is 1. The smallest absolute Gasteiger partial charge is 0.410 e. The number of ketones is 1. The third-order valence-corrected chi connectivity index (χ3v) is 17.4. The minimum atomic E-state index is -4.67. The van der Waals surface area contributed by atoms with Crippen LogP contribution in [0.2, 0.25) is 0 Å². The van der Waals surface area contributed by atoms with Gasteiger partial charge < -0.3 is 59.9 Å². The zero-order chi connectivity index (χ0) is 67.3. The van der Waals surface area contributed by atoms with Gasteiger partial charge in [-0.1, -0.05) is 51.1 Å². The van der Waals surface area contributed by atoms with Gasteiger partial charge in [0.05, 0.1) is 56.4 Å². The van der Waals surface area contributed by atoms with Crippen LogP contribution in [0.25, 0.3) is 33.3 Å². The number of hydrazine groups is 1. The van der Waals surface area contributed by atoms with Gasteiger partial charge in [0.25, 0.3) is 15.7 Å². The van der Waals surface area contributed by atoms with Crippen molar-refractivity contribution in [3.63, 3.8) is 0 Å². The number of fused-ring (bicyclic) bond motifs is 6. The minimum absolute atomic E-state index is 0.0183. The van der Waals surface area contributed by atoms with Crippen LogP contribution in [0.3, 0.4) is 0 Å². The topological polar surface area (TPSA) is 353 Å². The number of hydrogen-bond donors (Lipinski definition) is 8. The number of aromatic nitrogens is 4. The average Bonchev–Trinajstić information content (AvgIpc) is 1.63. The Balaban J connectivity index is 0.729. The van der Waals surface area contributed by atoms with Crippen LogP contribution in [0.4, 0.5) is 10.5 Å². The van der Waals surface area contributed by atoms with E-state index in [2.05, 4.69) is 37.0 Å².